The van der Waals surface area contributed by atoms with Gasteiger partial charge in [0.05, 0.1) is 10.2 Å². The summed E-state index contributed by atoms with van der Waals surface area (Å²) in [6.45, 7) is 2.72. The molecular formula is C19H22BrN3O2. The molecule has 0 radical (unpaired) electrons. The van der Waals surface area contributed by atoms with Crippen LogP contribution in [0.1, 0.15) is 18.4 Å². The van der Waals surface area contributed by atoms with Crippen molar-refractivity contribution in [3.63, 3.8) is 0 Å². The number of likely N-dealkylation sites (tertiary alicyclic amines) is 1. The van der Waals surface area contributed by atoms with Crippen molar-refractivity contribution in [1.29, 1.82) is 0 Å². The molecule has 5 nitrogen and oxygen atoms in total. The third kappa shape index (κ3) is 5.19. The van der Waals surface area contributed by atoms with Crippen LogP contribution < -0.4 is 5.32 Å². The number of nitrogens with one attached hydrogen (secondary N) is 1. The second-order valence-corrected chi connectivity index (χ2v) is 7.06. The predicted molar refractivity (Wildman–Crippen MR) is 101 cm³/mol. The van der Waals surface area contributed by atoms with Gasteiger partial charge in [0.2, 0.25) is 0 Å². The van der Waals surface area contributed by atoms with Gasteiger partial charge in [0.15, 0.2) is 0 Å². The molecule has 0 bridgehead atoms. The van der Waals surface area contributed by atoms with E-state index in [-0.39, 0.29) is 6.09 Å². The Morgan fingerprint density at radius 1 is 1.24 bits per heavy atom. The van der Waals surface area contributed by atoms with E-state index in [4.69, 9.17) is 4.74 Å². The molecule has 1 fully saturated rings. The van der Waals surface area contributed by atoms with Gasteiger partial charge in [-0.15, -0.1) is 0 Å². The summed E-state index contributed by atoms with van der Waals surface area (Å²) in [7, 11) is 0. The van der Waals surface area contributed by atoms with E-state index < -0.39 is 0 Å². The van der Waals surface area contributed by atoms with E-state index in [1.165, 1.54) is 0 Å². The number of hydrogen-bond donors (Lipinski definition) is 1. The second-order valence-electron chi connectivity index (χ2n) is 6.21. The van der Waals surface area contributed by atoms with Gasteiger partial charge in [-0.05, 0) is 46.3 Å². The van der Waals surface area contributed by atoms with Crippen LogP contribution >= 0.6 is 15.9 Å². The summed E-state index contributed by atoms with van der Waals surface area (Å²) >= 11 is 3.49. The molecule has 3 rings (SSSR count). The van der Waals surface area contributed by atoms with Crippen LogP contribution in [-0.2, 0) is 11.3 Å². The number of ether oxygens (including phenoxy) is 1. The van der Waals surface area contributed by atoms with E-state index in [1.807, 2.05) is 41.3 Å². The number of piperidine rings is 1. The highest BCUT2D eigenvalue weighted by molar-refractivity contribution is 9.10. The molecule has 0 aliphatic carbocycles. The van der Waals surface area contributed by atoms with Crippen molar-refractivity contribution in [1.82, 2.24) is 9.88 Å². The fourth-order valence-corrected chi connectivity index (χ4v) is 3.29. The highest BCUT2D eigenvalue weighted by Crippen LogP contribution is 2.23. The summed E-state index contributed by atoms with van der Waals surface area (Å²) in [6, 6.07) is 11.7. The van der Waals surface area contributed by atoms with Crippen molar-refractivity contribution in [3.05, 3.63) is 58.8 Å². The highest BCUT2D eigenvalue weighted by Gasteiger charge is 2.23. The number of halogens is 1. The van der Waals surface area contributed by atoms with Gasteiger partial charge in [-0.3, -0.25) is 4.98 Å². The molecular weight excluding hydrogens is 382 g/mol. The Morgan fingerprint density at radius 3 is 2.72 bits per heavy atom. The lowest BCUT2D eigenvalue weighted by molar-refractivity contribution is 0.0832. The molecule has 6 heteroatoms. The monoisotopic (exact) mass is 403 g/mol. The van der Waals surface area contributed by atoms with Crippen LogP contribution in [0.3, 0.4) is 0 Å². The van der Waals surface area contributed by atoms with Crippen LogP contribution in [0.15, 0.2) is 53.3 Å². The molecule has 0 saturated carbocycles. The normalized spacial score (nSPS) is 15.0. The first-order valence-electron chi connectivity index (χ1n) is 8.51. The van der Waals surface area contributed by atoms with Crippen molar-refractivity contribution < 1.29 is 9.53 Å². The van der Waals surface area contributed by atoms with Crippen LogP contribution in [0.5, 0.6) is 0 Å². The summed E-state index contributed by atoms with van der Waals surface area (Å²) in [4.78, 5) is 18.0. The smallest absolute Gasteiger partial charge is 0.410 e. The molecule has 132 valence electrons. The first-order valence-corrected chi connectivity index (χ1v) is 9.30. The van der Waals surface area contributed by atoms with E-state index in [0.29, 0.717) is 12.5 Å². The van der Waals surface area contributed by atoms with Crippen molar-refractivity contribution >= 4 is 27.7 Å². The average Bonchev–Trinajstić information content (AvgIpc) is 2.67. The Kier molecular flexibility index (Phi) is 6.28. The molecule has 25 heavy (non-hydrogen) atoms. The van der Waals surface area contributed by atoms with Gasteiger partial charge in [0.1, 0.15) is 6.61 Å². The highest BCUT2D eigenvalue weighted by atomic mass is 79.9. The minimum absolute atomic E-state index is 0.216. The van der Waals surface area contributed by atoms with E-state index in [0.717, 1.165) is 48.2 Å². The van der Waals surface area contributed by atoms with Crippen LogP contribution in [0.25, 0.3) is 0 Å². The van der Waals surface area contributed by atoms with Gasteiger partial charge >= 0.3 is 6.09 Å². The number of anilines is 1. The Hall–Kier alpha value is -2.08. The lowest BCUT2D eigenvalue weighted by atomic mass is 9.97. The first kappa shape index (κ1) is 17.7. The maximum absolute atomic E-state index is 12.2. The quantitative estimate of drug-likeness (QED) is 0.807. The van der Waals surface area contributed by atoms with Gasteiger partial charge in [-0.1, -0.05) is 30.3 Å². The Labute approximate surface area is 156 Å². The number of aromatic nitrogens is 1. The summed E-state index contributed by atoms with van der Waals surface area (Å²) in [5.41, 5.74) is 2.07. The number of carbonyl (C=O) groups excluding carboxylic acids is 1. The zero-order valence-corrected chi connectivity index (χ0v) is 15.6. The lowest BCUT2D eigenvalue weighted by Gasteiger charge is -2.31. The predicted octanol–water partition coefficient (Wildman–Crippen LogP) is 4.30. The van der Waals surface area contributed by atoms with Crippen LogP contribution in [0.2, 0.25) is 0 Å². The molecule has 1 aliphatic heterocycles. The summed E-state index contributed by atoms with van der Waals surface area (Å²) in [5, 5.41) is 3.45. The maximum atomic E-state index is 12.2. The Balaban J connectivity index is 1.39. The average molecular weight is 404 g/mol. The van der Waals surface area contributed by atoms with Gasteiger partial charge in [0.25, 0.3) is 0 Å². The number of hydrogen-bond acceptors (Lipinski definition) is 4. The van der Waals surface area contributed by atoms with Gasteiger partial charge < -0.3 is 15.0 Å². The molecule has 1 N–H and O–H groups in total. The van der Waals surface area contributed by atoms with Crippen molar-refractivity contribution in [2.45, 2.75) is 19.4 Å². The molecule has 1 saturated heterocycles. The summed E-state index contributed by atoms with van der Waals surface area (Å²) in [5.74, 6) is 0.554. The number of pyridine rings is 1. The van der Waals surface area contributed by atoms with Crippen LogP contribution in [-0.4, -0.2) is 35.6 Å². The molecule has 0 unspecified atom stereocenters. The lowest BCUT2D eigenvalue weighted by Crippen LogP contribution is -2.40. The number of carbonyl (C=O) groups is 1. The van der Waals surface area contributed by atoms with Crippen LogP contribution in [0.4, 0.5) is 10.5 Å². The molecule has 1 aliphatic rings. The third-order valence-electron chi connectivity index (χ3n) is 4.43. The fourth-order valence-electron chi connectivity index (χ4n) is 2.90. The van der Waals surface area contributed by atoms with Crippen molar-refractivity contribution in [2.75, 3.05) is 25.0 Å². The number of nitrogens with zero attached hydrogens (tertiary/aromatic N) is 2. The topological polar surface area (TPSA) is 54.5 Å². The Bertz CT molecular complexity index is 688. The minimum atomic E-state index is -0.216. The Morgan fingerprint density at radius 2 is 2.00 bits per heavy atom. The number of rotatable bonds is 5. The third-order valence-corrected chi connectivity index (χ3v) is 5.06. The van der Waals surface area contributed by atoms with E-state index in [9.17, 15) is 4.79 Å². The molecule has 1 aromatic heterocycles. The van der Waals surface area contributed by atoms with Crippen molar-refractivity contribution in [3.8, 4) is 0 Å². The van der Waals surface area contributed by atoms with Gasteiger partial charge in [-0.2, -0.15) is 0 Å². The fraction of sp³-hybridized carbons (Fsp3) is 0.368. The van der Waals surface area contributed by atoms with Crippen molar-refractivity contribution in [2.24, 2.45) is 5.92 Å². The summed E-state index contributed by atoms with van der Waals surface area (Å²) < 4.78 is 6.38. The van der Waals surface area contributed by atoms with E-state index >= 15 is 0 Å². The molecule has 2 aromatic rings. The largest absolute Gasteiger partial charge is 0.445 e. The number of amides is 1. The van der Waals surface area contributed by atoms with E-state index in [2.05, 4.69) is 26.2 Å². The molecule has 0 atom stereocenters. The maximum Gasteiger partial charge on any atom is 0.410 e. The zero-order valence-electron chi connectivity index (χ0n) is 14.0. The number of benzene rings is 1. The standard InChI is InChI=1S/C19H22BrN3O2/c20-17-13-21-9-6-18(17)22-12-15-7-10-23(11-8-15)19(24)25-14-16-4-2-1-3-5-16/h1-6,9,13,15H,7-8,10-12,14H2,(H,21,22). The molecule has 1 amide bonds. The zero-order chi connectivity index (χ0) is 17.5. The van der Waals surface area contributed by atoms with Gasteiger partial charge in [0, 0.05) is 32.0 Å². The van der Waals surface area contributed by atoms with E-state index in [1.54, 1.807) is 12.4 Å². The first-order chi connectivity index (χ1) is 12.2. The minimum Gasteiger partial charge on any atom is -0.445 e. The SMILES string of the molecule is O=C(OCc1ccccc1)N1CCC(CNc2ccncc2Br)CC1. The molecule has 1 aromatic carbocycles. The molecule has 0 spiro atoms. The summed E-state index contributed by atoms with van der Waals surface area (Å²) in [6.07, 6.45) is 5.31. The second kappa shape index (κ2) is 8.85. The molecule has 2 heterocycles. The van der Waals surface area contributed by atoms with Crippen LogP contribution in [0, 0.1) is 5.92 Å². The van der Waals surface area contributed by atoms with Gasteiger partial charge in [-0.25, -0.2) is 4.79 Å².